The third kappa shape index (κ3) is 3.13. The minimum atomic E-state index is 0.108. The summed E-state index contributed by atoms with van der Waals surface area (Å²) in [6, 6.07) is 0.182. The molecule has 0 aromatic carbocycles. The normalized spacial score (nSPS) is 24.3. The Balaban J connectivity index is 1.46. The first-order valence-corrected chi connectivity index (χ1v) is 9.48. The Morgan fingerprint density at radius 2 is 1.96 bits per heavy atom. The van der Waals surface area contributed by atoms with Gasteiger partial charge in [-0.2, -0.15) is 5.10 Å². The largest absolute Gasteiger partial charge is 0.352 e. The topological polar surface area (TPSA) is 93.2 Å². The van der Waals surface area contributed by atoms with Crippen LogP contribution in [0.1, 0.15) is 31.5 Å². The van der Waals surface area contributed by atoms with Crippen LogP contribution in [0.4, 0.5) is 5.82 Å². The predicted molar refractivity (Wildman–Crippen MR) is 99.8 cm³/mol. The maximum absolute atomic E-state index is 12.8. The lowest BCUT2D eigenvalue weighted by Gasteiger charge is -2.38. The average Bonchev–Trinajstić information content (AvgIpc) is 3.01. The molecular formula is C18H27N7O. The van der Waals surface area contributed by atoms with Gasteiger partial charge in [0, 0.05) is 45.2 Å². The number of aryl methyl sites for hydroxylation is 2. The number of aromatic nitrogens is 4. The van der Waals surface area contributed by atoms with Crippen LogP contribution < -0.4 is 10.6 Å². The number of carbonyl (C=O) groups excluding carboxylic acids is 1. The van der Waals surface area contributed by atoms with Gasteiger partial charge in [0.2, 0.25) is 5.91 Å². The summed E-state index contributed by atoms with van der Waals surface area (Å²) in [7, 11) is 1.89. The monoisotopic (exact) mass is 357 g/mol. The fraction of sp³-hybridized carbons (Fsp3) is 0.667. The summed E-state index contributed by atoms with van der Waals surface area (Å²) in [5, 5.41) is 5.28. The van der Waals surface area contributed by atoms with E-state index in [0.717, 1.165) is 74.5 Å². The van der Waals surface area contributed by atoms with Crippen molar-refractivity contribution in [1.29, 1.82) is 0 Å². The maximum Gasteiger partial charge on any atom is 0.225 e. The van der Waals surface area contributed by atoms with Crippen LogP contribution in [0.25, 0.3) is 11.0 Å². The van der Waals surface area contributed by atoms with E-state index in [9.17, 15) is 4.79 Å². The van der Waals surface area contributed by atoms with Crippen molar-refractivity contribution < 1.29 is 4.79 Å². The number of rotatable bonds is 2. The van der Waals surface area contributed by atoms with Crippen LogP contribution >= 0.6 is 0 Å². The number of piperazine rings is 1. The number of hydrogen-bond donors (Lipinski definition) is 1. The fourth-order valence-corrected chi connectivity index (χ4v) is 4.20. The molecule has 2 aliphatic rings. The molecule has 0 radical (unpaired) electrons. The van der Waals surface area contributed by atoms with E-state index in [0.29, 0.717) is 0 Å². The molecule has 2 atom stereocenters. The van der Waals surface area contributed by atoms with Crippen LogP contribution in [0.15, 0.2) is 6.20 Å². The molecule has 1 aliphatic carbocycles. The minimum Gasteiger partial charge on any atom is -0.352 e. The number of nitrogens with zero attached hydrogens (tertiary/aromatic N) is 6. The smallest absolute Gasteiger partial charge is 0.225 e. The van der Waals surface area contributed by atoms with Crippen LogP contribution in [0.5, 0.6) is 0 Å². The van der Waals surface area contributed by atoms with Crippen LogP contribution in [0.2, 0.25) is 0 Å². The fourth-order valence-electron chi connectivity index (χ4n) is 4.20. The summed E-state index contributed by atoms with van der Waals surface area (Å²) in [6.07, 6.45) is 5.75. The van der Waals surface area contributed by atoms with Crippen LogP contribution in [0.3, 0.4) is 0 Å². The summed E-state index contributed by atoms with van der Waals surface area (Å²) >= 11 is 0. The molecule has 0 bridgehead atoms. The highest BCUT2D eigenvalue weighted by atomic mass is 16.2. The zero-order chi connectivity index (χ0) is 18.3. The Bertz CT molecular complexity index is 809. The molecule has 0 unspecified atom stereocenters. The summed E-state index contributed by atoms with van der Waals surface area (Å²) in [6.45, 7) is 4.93. The average molecular weight is 357 g/mol. The highest BCUT2D eigenvalue weighted by molar-refractivity contribution is 5.87. The SMILES string of the molecule is Cc1nc(N2CCN(C(=O)[C@@H]3CCC[C@H](N)C3)CC2)c2cnn(C)c2n1. The maximum atomic E-state index is 12.8. The summed E-state index contributed by atoms with van der Waals surface area (Å²) in [5.41, 5.74) is 6.91. The first-order chi connectivity index (χ1) is 12.5. The summed E-state index contributed by atoms with van der Waals surface area (Å²) < 4.78 is 1.78. The molecule has 2 aromatic rings. The molecule has 26 heavy (non-hydrogen) atoms. The number of nitrogens with two attached hydrogens (primary N) is 1. The van der Waals surface area contributed by atoms with Crippen LogP contribution in [0, 0.1) is 12.8 Å². The Morgan fingerprint density at radius 3 is 2.69 bits per heavy atom. The highest BCUT2D eigenvalue weighted by Crippen LogP contribution is 2.27. The predicted octanol–water partition coefficient (Wildman–Crippen LogP) is 0.838. The van der Waals surface area contributed by atoms with E-state index >= 15 is 0 Å². The Morgan fingerprint density at radius 1 is 1.19 bits per heavy atom. The van der Waals surface area contributed by atoms with Crippen molar-refractivity contribution in [2.45, 2.75) is 38.6 Å². The van der Waals surface area contributed by atoms with Gasteiger partial charge in [-0.25, -0.2) is 9.97 Å². The lowest BCUT2D eigenvalue weighted by atomic mass is 9.85. The van der Waals surface area contributed by atoms with E-state index in [4.69, 9.17) is 5.73 Å². The number of fused-ring (bicyclic) bond motifs is 1. The molecule has 8 nitrogen and oxygen atoms in total. The van der Waals surface area contributed by atoms with Gasteiger partial charge in [0.05, 0.1) is 11.6 Å². The molecule has 140 valence electrons. The number of anilines is 1. The molecule has 0 spiro atoms. The molecule has 1 saturated heterocycles. The molecule has 2 fully saturated rings. The molecule has 1 saturated carbocycles. The second kappa shape index (κ2) is 6.83. The van der Waals surface area contributed by atoms with Crippen LogP contribution in [-0.4, -0.2) is 62.8 Å². The van der Waals surface area contributed by atoms with E-state index in [1.165, 1.54) is 0 Å². The van der Waals surface area contributed by atoms with Gasteiger partial charge in [-0.1, -0.05) is 6.42 Å². The van der Waals surface area contributed by atoms with E-state index in [1.807, 2.05) is 25.1 Å². The van der Waals surface area contributed by atoms with Gasteiger partial charge in [-0.3, -0.25) is 9.48 Å². The second-order valence-corrected chi connectivity index (χ2v) is 7.54. The van der Waals surface area contributed by atoms with Gasteiger partial charge in [-0.05, 0) is 26.2 Å². The molecule has 2 N–H and O–H groups in total. The zero-order valence-corrected chi connectivity index (χ0v) is 15.6. The van der Waals surface area contributed by atoms with Crippen molar-refractivity contribution in [3.63, 3.8) is 0 Å². The standard InChI is InChI=1S/C18H27N7O/c1-12-21-16-15(11-20-23(16)2)17(22-12)24-6-8-25(9-7-24)18(26)13-4-3-5-14(19)10-13/h11,13-14H,3-10,19H2,1-2H3/t13-,14+/m1/s1. The van der Waals surface area contributed by atoms with E-state index < -0.39 is 0 Å². The van der Waals surface area contributed by atoms with Gasteiger partial charge in [0.1, 0.15) is 11.6 Å². The highest BCUT2D eigenvalue weighted by Gasteiger charge is 2.31. The van der Waals surface area contributed by atoms with Gasteiger partial charge in [0.25, 0.3) is 0 Å². The van der Waals surface area contributed by atoms with Gasteiger partial charge in [0.15, 0.2) is 5.65 Å². The van der Waals surface area contributed by atoms with Crippen molar-refractivity contribution in [3.8, 4) is 0 Å². The van der Waals surface area contributed by atoms with E-state index in [1.54, 1.807) is 4.68 Å². The van der Waals surface area contributed by atoms with E-state index in [-0.39, 0.29) is 17.9 Å². The third-order valence-corrected chi connectivity index (χ3v) is 5.64. The third-order valence-electron chi connectivity index (χ3n) is 5.64. The molecule has 4 rings (SSSR count). The van der Waals surface area contributed by atoms with Crippen molar-refractivity contribution in [2.75, 3.05) is 31.1 Å². The van der Waals surface area contributed by atoms with Crippen molar-refractivity contribution in [2.24, 2.45) is 18.7 Å². The van der Waals surface area contributed by atoms with Gasteiger partial charge < -0.3 is 15.5 Å². The number of carbonyl (C=O) groups is 1. The molecular weight excluding hydrogens is 330 g/mol. The van der Waals surface area contributed by atoms with Crippen molar-refractivity contribution >= 4 is 22.8 Å². The van der Waals surface area contributed by atoms with Crippen molar-refractivity contribution in [1.82, 2.24) is 24.6 Å². The Labute approximate surface area is 153 Å². The quantitative estimate of drug-likeness (QED) is 0.856. The lowest BCUT2D eigenvalue weighted by Crippen LogP contribution is -2.51. The minimum absolute atomic E-state index is 0.108. The molecule has 1 amide bonds. The molecule has 1 aliphatic heterocycles. The first kappa shape index (κ1) is 17.2. The van der Waals surface area contributed by atoms with Gasteiger partial charge >= 0.3 is 0 Å². The Hall–Kier alpha value is -2.22. The number of amides is 1. The van der Waals surface area contributed by atoms with Crippen molar-refractivity contribution in [3.05, 3.63) is 12.0 Å². The lowest BCUT2D eigenvalue weighted by molar-refractivity contribution is -0.137. The van der Waals surface area contributed by atoms with Crippen LogP contribution in [-0.2, 0) is 11.8 Å². The molecule has 3 heterocycles. The first-order valence-electron chi connectivity index (χ1n) is 9.48. The summed E-state index contributed by atoms with van der Waals surface area (Å²) in [5.74, 6) is 2.06. The number of hydrogen-bond acceptors (Lipinski definition) is 6. The molecule has 8 heteroatoms. The Kier molecular flexibility index (Phi) is 4.52. The zero-order valence-electron chi connectivity index (χ0n) is 15.6. The van der Waals surface area contributed by atoms with E-state index in [2.05, 4.69) is 20.0 Å². The molecule has 2 aromatic heterocycles. The summed E-state index contributed by atoms with van der Waals surface area (Å²) in [4.78, 5) is 26.2. The second-order valence-electron chi connectivity index (χ2n) is 7.54. The van der Waals surface area contributed by atoms with Gasteiger partial charge in [-0.15, -0.1) is 0 Å².